The first-order chi connectivity index (χ1) is 11.2. The summed E-state index contributed by atoms with van der Waals surface area (Å²) in [7, 11) is 0. The van der Waals surface area contributed by atoms with Crippen molar-refractivity contribution in [3.05, 3.63) is 48.0 Å². The van der Waals surface area contributed by atoms with Crippen molar-refractivity contribution in [2.45, 2.75) is 13.8 Å². The van der Waals surface area contributed by atoms with Gasteiger partial charge in [-0.05, 0) is 50.2 Å². The lowest BCUT2D eigenvalue weighted by Gasteiger charge is -2.21. The summed E-state index contributed by atoms with van der Waals surface area (Å²) in [4.78, 5) is 14.6. The van der Waals surface area contributed by atoms with Gasteiger partial charge in [0.05, 0.1) is 5.69 Å². The topological polar surface area (TPSA) is 50.8 Å². The Morgan fingerprint density at radius 2 is 1.83 bits per heavy atom. The van der Waals surface area contributed by atoms with Gasteiger partial charge in [0.1, 0.15) is 0 Å². The zero-order chi connectivity index (χ0) is 16.2. The van der Waals surface area contributed by atoms with Crippen LogP contribution in [0.1, 0.15) is 24.2 Å². The molecule has 2 aromatic rings. The van der Waals surface area contributed by atoms with Crippen LogP contribution < -0.4 is 19.7 Å². The summed E-state index contributed by atoms with van der Waals surface area (Å²) in [6.07, 6.45) is 0. The van der Waals surface area contributed by atoms with Crippen molar-refractivity contribution in [3.8, 4) is 11.5 Å². The molecule has 1 N–H and O–H groups in total. The Labute approximate surface area is 135 Å². The van der Waals surface area contributed by atoms with Gasteiger partial charge in [0, 0.05) is 24.3 Å². The van der Waals surface area contributed by atoms with Gasteiger partial charge in [0.25, 0.3) is 5.91 Å². The highest BCUT2D eigenvalue weighted by Crippen LogP contribution is 2.38. The number of anilines is 2. The fourth-order valence-electron chi connectivity index (χ4n) is 2.64. The van der Waals surface area contributed by atoms with E-state index in [1.165, 1.54) is 0 Å². The standard InChI is InChI=1S/C18H20N2O3/c1-3-20(4-2)14-10-8-13(9-11-14)18(21)19-15-6-5-7-16-17(15)23-12-22-16/h5-11H,3-4,12H2,1-2H3,(H,19,21). The maximum atomic E-state index is 12.4. The summed E-state index contributed by atoms with van der Waals surface area (Å²) < 4.78 is 10.7. The molecule has 0 fully saturated rings. The zero-order valence-corrected chi connectivity index (χ0v) is 13.3. The minimum atomic E-state index is -0.167. The molecular formula is C18H20N2O3. The molecule has 0 bridgehead atoms. The zero-order valence-electron chi connectivity index (χ0n) is 13.3. The van der Waals surface area contributed by atoms with E-state index in [1.54, 1.807) is 6.07 Å². The van der Waals surface area contributed by atoms with Crippen molar-refractivity contribution in [2.75, 3.05) is 30.1 Å². The van der Waals surface area contributed by atoms with E-state index in [4.69, 9.17) is 9.47 Å². The van der Waals surface area contributed by atoms with E-state index in [-0.39, 0.29) is 12.7 Å². The minimum absolute atomic E-state index is 0.167. The first kappa shape index (κ1) is 15.2. The summed E-state index contributed by atoms with van der Waals surface area (Å²) >= 11 is 0. The lowest BCUT2D eigenvalue weighted by Crippen LogP contribution is -2.21. The second kappa shape index (κ2) is 6.60. The molecule has 0 unspecified atom stereocenters. The number of benzene rings is 2. The highest BCUT2D eigenvalue weighted by molar-refractivity contribution is 6.05. The number of ether oxygens (including phenoxy) is 2. The number of fused-ring (bicyclic) bond motifs is 1. The van der Waals surface area contributed by atoms with Crippen LogP contribution in [0.4, 0.5) is 11.4 Å². The third kappa shape index (κ3) is 3.08. The summed E-state index contributed by atoms with van der Waals surface area (Å²) in [5.74, 6) is 1.07. The average Bonchev–Trinajstić information content (AvgIpc) is 3.06. The SMILES string of the molecule is CCN(CC)c1ccc(C(=O)Nc2cccc3c2OCO3)cc1. The number of amides is 1. The minimum Gasteiger partial charge on any atom is -0.454 e. The van der Waals surface area contributed by atoms with Gasteiger partial charge in [-0.3, -0.25) is 4.79 Å². The molecule has 5 nitrogen and oxygen atoms in total. The van der Waals surface area contributed by atoms with Crippen molar-refractivity contribution in [1.29, 1.82) is 0 Å². The van der Waals surface area contributed by atoms with E-state index in [2.05, 4.69) is 24.1 Å². The van der Waals surface area contributed by atoms with Crippen LogP contribution in [0.25, 0.3) is 0 Å². The Hall–Kier alpha value is -2.69. The van der Waals surface area contributed by atoms with E-state index in [1.807, 2.05) is 36.4 Å². The smallest absolute Gasteiger partial charge is 0.255 e. The van der Waals surface area contributed by atoms with Crippen LogP contribution in [0, 0.1) is 0 Å². The van der Waals surface area contributed by atoms with Crippen molar-refractivity contribution >= 4 is 17.3 Å². The molecule has 5 heteroatoms. The first-order valence-corrected chi connectivity index (χ1v) is 7.78. The molecule has 120 valence electrons. The number of carbonyl (C=O) groups is 1. The molecule has 0 radical (unpaired) electrons. The van der Waals surface area contributed by atoms with Gasteiger partial charge in [0.15, 0.2) is 11.5 Å². The van der Waals surface area contributed by atoms with E-state index < -0.39 is 0 Å². The molecule has 2 aromatic carbocycles. The van der Waals surface area contributed by atoms with Crippen LogP contribution in [-0.4, -0.2) is 25.8 Å². The summed E-state index contributed by atoms with van der Waals surface area (Å²) in [6.45, 7) is 6.29. The van der Waals surface area contributed by atoms with Gasteiger partial charge in [-0.1, -0.05) is 6.07 Å². The monoisotopic (exact) mass is 312 g/mol. The van der Waals surface area contributed by atoms with E-state index in [0.717, 1.165) is 18.8 Å². The van der Waals surface area contributed by atoms with Crippen LogP contribution >= 0.6 is 0 Å². The number of hydrogen-bond donors (Lipinski definition) is 1. The second-order valence-electron chi connectivity index (χ2n) is 5.21. The molecule has 0 atom stereocenters. The fourth-order valence-corrected chi connectivity index (χ4v) is 2.64. The molecule has 0 aromatic heterocycles. The Balaban J connectivity index is 1.75. The number of carbonyl (C=O) groups excluding carboxylic acids is 1. The lowest BCUT2D eigenvalue weighted by molar-refractivity contribution is 0.102. The average molecular weight is 312 g/mol. The molecule has 1 aliphatic rings. The molecule has 23 heavy (non-hydrogen) atoms. The molecule has 1 amide bonds. The second-order valence-corrected chi connectivity index (χ2v) is 5.21. The quantitative estimate of drug-likeness (QED) is 0.918. The Morgan fingerprint density at radius 3 is 2.52 bits per heavy atom. The maximum absolute atomic E-state index is 12.4. The molecule has 1 heterocycles. The van der Waals surface area contributed by atoms with Gasteiger partial charge >= 0.3 is 0 Å². The molecule has 0 saturated heterocycles. The summed E-state index contributed by atoms with van der Waals surface area (Å²) in [5.41, 5.74) is 2.35. The summed E-state index contributed by atoms with van der Waals surface area (Å²) in [6, 6.07) is 13.1. The van der Waals surface area contributed by atoms with E-state index in [9.17, 15) is 4.79 Å². The van der Waals surface area contributed by atoms with Crippen molar-refractivity contribution in [2.24, 2.45) is 0 Å². The highest BCUT2D eigenvalue weighted by Gasteiger charge is 2.19. The molecule has 0 aliphatic carbocycles. The highest BCUT2D eigenvalue weighted by atomic mass is 16.7. The normalized spacial score (nSPS) is 12.1. The van der Waals surface area contributed by atoms with Crippen molar-refractivity contribution < 1.29 is 14.3 Å². The van der Waals surface area contributed by atoms with Gasteiger partial charge < -0.3 is 19.7 Å². The third-order valence-electron chi connectivity index (χ3n) is 3.90. The third-order valence-corrected chi connectivity index (χ3v) is 3.90. The van der Waals surface area contributed by atoms with Crippen LogP contribution in [0.2, 0.25) is 0 Å². The molecule has 0 saturated carbocycles. The van der Waals surface area contributed by atoms with Gasteiger partial charge in [-0.25, -0.2) is 0 Å². The van der Waals surface area contributed by atoms with Crippen LogP contribution in [0.3, 0.4) is 0 Å². The number of rotatable bonds is 5. The van der Waals surface area contributed by atoms with Crippen LogP contribution in [-0.2, 0) is 0 Å². The summed E-state index contributed by atoms with van der Waals surface area (Å²) in [5, 5.41) is 2.88. The molecule has 0 spiro atoms. The number of para-hydroxylation sites is 1. The largest absolute Gasteiger partial charge is 0.454 e. The number of hydrogen-bond acceptors (Lipinski definition) is 4. The Kier molecular flexibility index (Phi) is 4.37. The predicted molar refractivity (Wildman–Crippen MR) is 90.5 cm³/mol. The number of nitrogens with zero attached hydrogens (tertiary/aromatic N) is 1. The number of nitrogens with one attached hydrogen (secondary N) is 1. The molecule has 1 aliphatic heterocycles. The van der Waals surface area contributed by atoms with Gasteiger partial charge in [0.2, 0.25) is 6.79 Å². The van der Waals surface area contributed by atoms with Crippen molar-refractivity contribution in [1.82, 2.24) is 0 Å². The predicted octanol–water partition coefficient (Wildman–Crippen LogP) is 3.51. The van der Waals surface area contributed by atoms with E-state index in [0.29, 0.717) is 22.7 Å². The lowest BCUT2D eigenvalue weighted by atomic mass is 10.1. The van der Waals surface area contributed by atoms with Gasteiger partial charge in [-0.2, -0.15) is 0 Å². The van der Waals surface area contributed by atoms with Crippen LogP contribution in [0.5, 0.6) is 11.5 Å². The Morgan fingerprint density at radius 1 is 1.09 bits per heavy atom. The Bertz CT molecular complexity index is 694. The molecular weight excluding hydrogens is 292 g/mol. The first-order valence-electron chi connectivity index (χ1n) is 7.78. The van der Waals surface area contributed by atoms with Gasteiger partial charge in [-0.15, -0.1) is 0 Å². The van der Waals surface area contributed by atoms with Crippen LogP contribution in [0.15, 0.2) is 42.5 Å². The van der Waals surface area contributed by atoms with E-state index >= 15 is 0 Å². The fraction of sp³-hybridized carbons (Fsp3) is 0.278. The maximum Gasteiger partial charge on any atom is 0.255 e. The van der Waals surface area contributed by atoms with Crippen molar-refractivity contribution in [3.63, 3.8) is 0 Å². The molecule has 3 rings (SSSR count).